The highest BCUT2D eigenvalue weighted by atomic mass is 16.3. The van der Waals surface area contributed by atoms with Crippen LogP contribution in [0.2, 0.25) is 0 Å². The lowest BCUT2D eigenvalue weighted by Gasteiger charge is -2.34. The van der Waals surface area contributed by atoms with Gasteiger partial charge in [-0.15, -0.1) is 0 Å². The molecule has 0 aromatic rings. The van der Waals surface area contributed by atoms with Crippen LogP contribution < -0.4 is 5.32 Å². The number of nitrogens with zero attached hydrogens (tertiary/aromatic N) is 1. The van der Waals surface area contributed by atoms with Crippen LogP contribution in [0, 0.1) is 5.92 Å². The maximum Gasteiger partial charge on any atom is 0.0743 e. The minimum atomic E-state index is -0.530. The van der Waals surface area contributed by atoms with E-state index < -0.39 is 5.60 Å². The van der Waals surface area contributed by atoms with E-state index in [1.807, 2.05) is 6.92 Å². The van der Waals surface area contributed by atoms with Crippen molar-refractivity contribution in [3.63, 3.8) is 0 Å². The number of hydrogen-bond acceptors (Lipinski definition) is 3. The number of aliphatic hydroxyl groups is 1. The molecule has 0 radical (unpaired) electrons. The summed E-state index contributed by atoms with van der Waals surface area (Å²) >= 11 is 0. The molecule has 1 aliphatic rings. The van der Waals surface area contributed by atoms with Gasteiger partial charge in [0.1, 0.15) is 0 Å². The minimum absolute atomic E-state index is 0.530. The lowest BCUT2D eigenvalue weighted by atomic mass is 9.97. The predicted octanol–water partition coefficient (Wildman–Crippen LogP) is 1.47. The topological polar surface area (TPSA) is 35.5 Å². The van der Waals surface area contributed by atoms with Gasteiger partial charge in [-0.05, 0) is 51.7 Å². The van der Waals surface area contributed by atoms with Crippen LogP contribution in [0.25, 0.3) is 0 Å². The molecular formula is C13H28N2O. The van der Waals surface area contributed by atoms with Crippen molar-refractivity contribution in [1.29, 1.82) is 0 Å². The Hall–Kier alpha value is -0.120. The first-order chi connectivity index (χ1) is 7.57. The second-order valence-corrected chi connectivity index (χ2v) is 5.39. The fourth-order valence-corrected chi connectivity index (χ4v) is 2.34. The number of likely N-dealkylation sites (N-methyl/N-ethyl adjacent to an activating group) is 1. The molecule has 0 saturated carbocycles. The molecule has 0 spiro atoms. The summed E-state index contributed by atoms with van der Waals surface area (Å²) in [5.74, 6) is 0.765. The third kappa shape index (κ3) is 4.81. The highest BCUT2D eigenvalue weighted by molar-refractivity contribution is 4.78. The van der Waals surface area contributed by atoms with Gasteiger partial charge in [-0.25, -0.2) is 0 Å². The van der Waals surface area contributed by atoms with Gasteiger partial charge in [-0.1, -0.05) is 13.8 Å². The van der Waals surface area contributed by atoms with Crippen molar-refractivity contribution in [3.05, 3.63) is 0 Å². The van der Waals surface area contributed by atoms with Crippen LogP contribution in [0.4, 0.5) is 0 Å². The van der Waals surface area contributed by atoms with Gasteiger partial charge in [0.25, 0.3) is 0 Å². The molecule has 2 N–H and O–H groups in total. The first kappa shape index (κ1) is 13.9. The molecule has 1 fully saturated rings. The van der Waals surface area contributed by atoms with Crippen molar-refractivity contribution in [1.82, 2.24) is 10.2 Å². The van der Waals surface area contributed by atoms with Crippen molar-refractivity contribution < 1.29 is 5.11 Å². The first-order valence-corrected chi connectivity index (χ1v) is 6.73. The lowest BCUT2D eigenvalue weighted by Crippen LogP contribution is -2.44. The molecule has 0 aromatic heterocycles. The summed E-state index contributed by atoms with van der Waals surface area (Å²) in [4.78, 5) is 2.39. The Morgan fingerprint density at radius 1 is 1.44 bits per heavy atom. The Balaban J connectivity index is 2.35. The Bertz CT molecular complexity index is 188. The number of nitrogens with one attached hydrogen (secondary N) is 1. The second-order valence-electron chi connectivity index (χ2n) is 5.39. The molecule has 3 nitrogen and oxygen atoms in total. The zero-order chi connectivity index (χ0) is 12.0. The Kier molecular flexibility index (Phi) is 5.73. The van der Waals surface area contributed by atoms with Crippen LogP contribution in [0.15, 0.2) is 0 Å². The zero-order valence-electron chi connectivity index (χ0n) is 11.1. The van der Waals surface area contributed by atoms with E-state index >= 15 is 0 Å². The number of hydrogen-bond donors (Lipinski definition) is 2. The largest absolute Gasteiger partial charge is 0.389 e. The monoisotopic (exact) mass is 228 g/mol. The summed E-state index contributed by atoms with van der Waals surface area (Å²) in [6.07, 6.45) is 3.45. The SMILES string of the molecule is CCN(CC1CCCNC1)CC(C)(O)CC. The summed E-state index contributed by atoms with van der Waals surface area (Å²) in [6.45, 7) is 11.5. The van der Waals surface area contributed by atoms with Gasteiger partial charge in [0.05, 0.1) is 5.60 Å². The van der Waals surface area contributed by atoms with Gasteiger partial charge in [0, 0.05) is 13.1 Å². The van der Waals surface area contributed by atoms with Crippen LogP contribution in [0.3, 0.4) is 0 Å². The molecule has 0 bridgehead atoms. The fraction of sp³-hybridized carbons (Fsp3) is 1.00. The predicted molar refractivity (Wildman–Crippen MR) is 68.6 cm³/mol. The summed E-state index contributed by atoms with van der Waals surface area (Å²) < 4.78 is 0. The van der Waals surface area contributed by atoms with E-state index in [9.17, 15) is 5.11 Å². The van der Waals surface area contributed by atoms with Crippen LogP contribution >= 0.6 is 0 Å². The summed E-state index contributed by atoms with van der Waals surface area (Å²) in [6, 6.07) is 0. The fourth-order valence-electron chi connectivity index (χ4n) is 2.34. The zero-order valence-corrected chi connectivity index (χ0v) is 11.1. The molecule has 96 valence electrons. The van der Waals surface area contributed by atoms with E-state index in [-0.39, 0.29) is 0 Å². The molecule has 3 heteroatoms. The third-order valence-electron chi connectivity index (χ3n) is 3.69. The molecule has 0 amide bonds. The molecule has 0 aromatic carbocycles. The normalized spacial score (nSPS) is 25.7. The number of piperidine rings is 1. The van der Waals surface area contributed by atoms with Crippen molar-refractivity contribution >= 4 is 0 Å². The van der Waals surface area contributed by atoms with Crippen LogP contribution in [0.5, 0.6) is 0 Å². The van der Waals surface area contributed by atoms with Crippen molar-refractivity contribution in [3.8, 4) is 0 Å². The molecule has 1 rings (SSSR count). The van der Waals surface area contributed by atoms with Gasteiger partial charge in [-0.2, -0.15) is 0 Å². The minimum Gasteiger partial charge on any atom is -0.389 e. The first-order valence-electron chi connectivity index (χ1n) is 6.73. The van der Waals surface area contributed by atoms with Crippen LogP contribution in [0.1, 0.15) is 40.0 Å². The standard InChI is InChI=1S/C13H28N2O/c1-4-13(3,16)11-15(5-2)10-12-7-6-8-14-9-12/h12,14,16H,4-11H2,1-3H3. The molecule has 2 unspecified atom stereocenters. The molecule has 16 heavy (non-hydrogen) atoms. The van der Waals surface area contributed by atoms with Gasteiger partial charge >= 0.3 is 0 Å². The van der Waals surface area contributed by atoms with Gasteiger partial charge in [0.2, 0.25) is 0 Å². The lowest BCUT2D eigenvalue weighted by molar-refractivity contribution is 0.0126. The second kappa shape index (κ2) is 6.58. The van der Waals surface area contributed by atoms with Crippen LogP contribution in [-0.2, 0) is 0 Å². The molecule has 1 saturated heterocycles. The maximum absolute atomic E-state index is 10.1. The van der Waals surface area contributed by atoms with E-state index in [4.69, 9.17) is 0 Å². The maximum atomic E-state index is 10.1. The van der Waals surface area contributed by atoms with Crippen molar-refractivity contribution in [2.75, 3.05) is 32.7 Å². The summed E-state index contributed by atoms with van der Waals surface area (Å²) in [5, 5.41) is 13.5. The summed E-state index contributed by atoms with van der Waals surface area (Å²) in [7, 11) is 0. The van der Waals surface area contributed by atoms with Gasteiger partial charge < -0.3 is 15.3 Å². The Labute approximate surface area is 100 Å². The molecule has 0 aliphatic carbocycles. The molecule has 2 atom stereocenters. The van der Waals surface area contributed by atoms with Crippen LogP contribution in [-0.4, -0.2) is 48.3 Å². The van der Waals surface area contributed by atoms with Gasteiger partial charge in [-0.3, -0.25) is 0 Å². The van der Waals surface area contributed by atoms with E-state index in [0.29, 0.717) is 0 Å². The Morgan fingerprint density at radius 3 is 2.69 bits per heavy atom. The van der Waals surface area contributed by atoms with Gasteiger partial charge in [0.15, 0.2) is 0 Å². The van der Waals surface area contributed by atoms with Crippen molar-refractivity contribution in [2.45, 2.75) is 45.6 Å². The van der Waals surface area contributed by atoms with Crippen molar-refractivity contribution in [2.24, 2.45) is 5.92 Å². The van der Waals surface area contributed by atoms with E-state index in [1.54, 1.807) is 0 Å². The van der Waals surface area contributed by atoms with E-state index in [2.05, 4.69) is 24.1 Å². The van der Waals surface area contributed by atoms with E-state index in [1.165, 1.54) is 19.4 Å². The highest BCUT2D eigenvalue weighted by Gasteiger charge is 2.23. The average Bonchev–Trinajstić information content (AvgIpc) is 2.29. The Morgan fingerprint density at radius 2 is 2.19 bits per heavy atom. The summed E-state index contributed by atoms with van der Waals surface area (Å²) in [5.41, 5.74) is -0.530. The molecule has 1 aliphatic heterocycles. The smallest absolute Gasteiger partial charge is 0.0743 e. The van der Waals surface area contributed by atoms with E-state index in [0.717, 1.165) is 38.5 Å². The molecular weight excluding hydrogens is 200 g/mol. The quantitative estimate of drug-likeness (QED) is 0.722. The highest BCUT2D eigenvalue weighted by Crippen LogP contribution is 2.15. The average molecular weight is 228 g/mol. The molecule has 1 heterocycles. The number of rotatable bonds is 6. The third-order valence-corrected chi connectivity index (χ3v) is 3.69.